The topological polar surface area (TPSA) is 26.0 Å². The smallest absolute Gasteiger partial charge is 0.125 e. The molecule has 1 aromatic carbocycles. The maximum Gasteiger partial charge on any atom is 0.125 e. The minimum absolute atomic E-state index is 0.277. The number of rotatable bonds is 1. The van der Waals surface area contributed by atoms with Gasteiger partial charge in [0.15, 0.2) is 0 Å². The summed E-state index contributed by atoms with van der Waals surface area (Å²) in [5.41, 5.74) is 6.30. The van der Waals surface area contributed by atoms with Crippen LogP contribution >= 0.6 is 31.9 Å². The van der Waals surface area contributed by atoms with Crippen molar-refractivity contribution in [2.75, 3.05) is 0 Å². The van der Waals surface area contributed by atoms with E-state index in [4.69, 9.17) is 5.73 Å². The van der Waals surface area contributed by atoms with E-state index in [0.717, 1.165) is 5.56 Å². The summed E-state index contributed by atoms with van der Waals surface area (Å²) >= 11 is 6.42. The molecule has 0 amide bonds. The summed E-state index contributed by atoms with van der Waals surface area (Å²) in [4.78, 5) is 0. The van der Waals surface area contributed by atoms with Crippen molar-refractivity contribution in [2.24, 2.45) is 5.73 Å². The maximum absolute atomic E-state index is 12.6. The third-order valence-corrected chi connectivity index (χ3v) is 2.73. The van der Waals surface area contributed by atoms with Crippen LogP contribution in [0, 0.1) is 5.82 Å². The molecule has 0 aliphatic heterocycles. The van der Waals surface area contributed by atoms with E-state index in [2.05, 4.69) is 31.9 Å². The molecule has 0 unspecified atom stereocenters. The molecule has 0 bridgehead atoms. The Kier molecular flexibility index (Phi) is 3.04. The zero-order chi connectivity index (χ0) is 8.43. The number of hydrogen-bond acceptors (Lipinski definition) is 1. The summed E-state index contributed by atoms with van der Waals surface area (Å²) in [6.45, 7) is 0.390. The van der Waals surface area contributed by atoms with Crippen LogP contribution in [0.1, 0.15) is 5.56 Å². The van der Waals surface area contributed by atoms with Crippen LogP contribution in [-0.4, -0.2) is 0 Å². The molecule has 0 aliphatic rings. The lowest BCUT2D eigenvalue weighted by atomic mass is 10.2. The number of hydrogen-bond donors (Lipinski definition) is 1. The zero-order valence-electron chi connectivity index (χ0n) is 5.57. The molecule has 0 aromatic heterocycles. The molecule has 0 aliphatic carbocycles. The molecule has 0 spiro atoms. The summed E-state index contributed by atoms with van der Waals surface area (Å²) in [5, 5.41) is 0. The predicted octanol–water partition coefficient (Wildman–Crippen LogP) is 2.81. The lowest BCUT2D eigenvalue weighted by Crippen LogP contribution is -1.99. The van der Waals surface area contributed by atoms with E-state index in [-0.39, 0.29) is 5.82 Å². The van der Waals surface area contributed by atoms with Crippen LogP contribution in [0.15, 0.2) is 21.1 Å². The number of benzene rings is 1. The Morgan fingerprint density at radius 2 is 1.73 bits per heavy atom. The molecular weight excluding hydrogens is 277 g/mol. The second-order valence-corrected chi connectivity index (χ2v) is 3.76. The largest absolute Gasteiger partial charge is 0.326 e. The Morgan fingerprint density at radius 1 is 1.27 bits per heavy atom. The van der Waals surface area contributed by atoms with Crippen LogP contribution in [0.4, 0.5) is 4.39 Å². The van der Waals surface area contributed by atoms with E-state index in [1.54, 1.807) is 0 Å². The summed E-state index contributed by atoms with van der Waals surface area (Å²) in [7, 11) is 0. The summed E-state index contributed by atoms with van der Waals surface area (Å²) in [6.07, 6.45) is 0. The molecule has 1 nitrogen and oxygen atoms in total. The fraction of sp³-hybridized carbons (Fsp3) is 0.143. The molecule has 11 heavy (non-hydrogen) atoms. The normalized spacial score (nSPS) is 10.2. The van der Waals surface area contributed by atoms with Gasteiger partial charge in [0.1, 0.15) is 5.82 Å². The second-order valence-electron chi connectivity index (χ2n) is 2.05. The van der Waals surface area contributed by atoms with Crippen molar-refractivity contribution in [2.45, 2.75) is 6.54 Å². The summed E-state index contributed by atoms with van der Waals surface area (Å²) in [6, 6.07) is 2.79. The average Bonchev–Trinajstić information content (AvgIpc) is 1.85. The van der Waals surface area contributed by atoms with Crippen LogP contribution in [0.3, 0.4) is 0 Å². The minimum Gasteiger partial charge on any atom is -0.326 e. The van der Waals surface area contributed by atoms with Crippen molar-refractivity contribution in [3.05, 3.63) is 32.5 Å². The van der Waals surface area contributed by atoms with Gasteiger partial charge < -0.3 is 5.73 Å². The van der Waals surface area contributed by atoms with Crippen molar-refractivity contribution < 1.29 is 4.39 Å². The molecule has 4 heteroatoms. The Hall–Kier alpha value is 0.0700. The first kappa shape index (κ1) is 9.16. The van der Waals surface area contributed by atoms with E-state index in [1.807, 2.05) is 0 Å². The molecule has 0 saturated carbocycles. The molecule has 0 radical (unpaired) electrons. The maximum atomic E-state index is 12.6. The Labute approximate surface area is 81.0 Å². The van der Waals surface area contributed by atoms with E-state index in [9.17, 15) is 4.39 Å². The van der Waals surface area contributed by atoms with E-state index < -0.39 is 0 Å². The van der Waals surface area contributed by atoms with Gasteiger partial charge in [-0.05, 0) is 17.7 Å². The van der Waals surface area contributed by atoms with Gasteiger partial charge in [-0.3, -0.25) is 0 Å². The highest BCUT2D eigenvalue weighted by atomic mass is 79.9. The second kappa shape index (κ2) is 3.65. The first-order valence-electron chi connectivity index (χ1n) is 2.98. The molecule has 60 valence electrons. The third-order valence-electron chi connectivity index (χ3n) is 1.31. The molecular formula is C7H6Br2FN. The van der Waals surface area contributed by atoms with Gasteiger partial charge in [0.2, 0.25) is 0 Å². The van der Waals surface area contributed by atoms with Gasteiger partial charge in [-0.25, -0.2) is 4.39 Å². The zero-order valence-corrected chi connectivity index (χ0v) is 8.75. The summed E-state index contributed by atoms with van der Waals surface area (Å²) in [5.74, 6) is -0.277. The van der Waals surface area contributed by atoms with E-state index in [1.165, 1.54) is 12.1 Å². The molecule has 2 N–H and O–H groups in total. The van der Waals surface area contributed by atoms with Crippen molar-refractivity contribution in [3.8, 4) is 0 Å². The quantitative estimate of drug-likeness (QED) is 0.842. The molecule has 0 atom stereocenters. The molecule has 1 rings (SSSR count). The SMILES string of the molecule is NCc1c(Br)cc(F)cc1Br. The van der Waals surface area contributed by atoms with Crippen molar-refractivity contribution in [1.29, 1.82) is 0 Å². The standard InChI is InChI=1S/C7H6Br2FN/c8-6-1-4(10)2-7(9)5(6)3-11/h1-2H,3,11H2. The lowest BCUT2D eigenvalue weighted by molar-refractivity contribution is 0.625. The van der Waals surface area contributed by atoms with Crippen molar-refractivity contribution in [1.82, 2.24) is 0 Å². The third kappa shape index (κ3) is 2.01. The fourth-order valence-corrected chi connectivity index (χ4v) is 2.22. The van der Waals surface area contributed by atoms with Crippen LogP contribution < -0.4 is 5.73 Å². The molecule has 0 fully saturated rings. The van der Waals surface area contributed by atoms with Gasteiger partial charge in [0.25, 0.3) is 0 Å². The van der Waals surface area contributed by atoms with Gasteiger partial charge in [0, 0.05) is 15.5 Å². The summed E-state index contributed by atoms with van der Waals surface area (Å²) < 4.78 is 14.0. The highest BCUT2D eigenvalue weighted by molar-refractivity contribution is 9.11. The first-order valence-corrected chi connectivity index (χ1v) is 4.57. The minimum atomic E-state index is -0.277. The molecule has 0 saturated heterocycles. The monoisotopic (exact) mass is 281 g/mol. The van der Waals surface area contributed by atoms with E-state index >= 15 is 0 Å². The fourth-order valence-electron chi connectivity index (χ4n) is 0.767. The van der Waals surface area contributed by atoms with Gasteiger partial charge in [-0.2, -0.15) is 0 Å². The lowest BCUT2D eigenvalue weighted by Gasteiger charge is -2.03. The van der Waals surface area contributed by atoms with Crippen LogP contribution in [0.2, 0.25) is 0 Å². The predicted molar refractivity (Wildman–Crippen MR) is 49.7 cm³/mol. The van der Waals surface area contributed by atoms with Crippen LogP contribution in [0.25, 0.3) is 0 Å². The van der Waals surface area contributed by atoms with Gasteiger partial charge in [-0.15, -0.1) is 0 Å². The van der Waals surface area contributed by atoms with Gasteiger partial charge in [0.05, 0.1) is 0 Å². The van der Waals surface area contributed by atoms with Gasteiger partial charge >= 0.3 is 0 Å². The van der Waals surface area contributed by atoms with Crippen molar-refractivity contribution >= 4 is 31.9 Å². The number of halogens is 3. The Balaban J connectivity index is 3.25. The average molecular weight is 283 g/mol. The van der Waals surface area contributed by atoms with Crippen molar-refractivity contribution in [3.63, 3.8) is 0 Å². The number of nitrogens with two attached hydrogens (primary N) is 1. The molecule has 0 heterocycles. The highest BCUT2D eigenvalue weighted by Gasteiger charge is 2.04. The first-order chi connectivity index (χ1) is 5.15. The van der Waals surface area contributed by atoms with Gasteiger partial charge in [-0.1, -0.05) is 31.9 Å². The Morgan fingerprint density at radius 3 is 2.09 bits per heavy atom. The van der Waals surface area contributed by atoms with E-state index in [0.29, 0.717) is 15.5 Å². The van der Waals surface area contributed by atoms with Crippen LogP contribution in [0.5, 0.6) is 0 Å². The highest BCUT2D eigenvalue weighted by Crippen LogP contribution is 2.25. The Bertz CT molecular complexity index is 252. The molecule has 1 aromatic rings. The van der Waals surface area contributed by atoms with Crippen LogP contribution in [-0.2, 0) is 6.54 Å².